The van der Waals surface area contributed by atoms with Crippen LogP contribution in [-0.4, -0.2) is 31.7 Å². The van der Waals surface area contributed by atoms with Crippen molar-refractivity contribution in [1.82, 2.24) is 0 Å². The summed E-state index contributed by atoms with van der Waals surface area (Å²) < 4.78 is 5.31. The van der Waals surface area contributed by atoms with Gasteiger partial charge in [-0.25, -0.2) is 0 Å². The van der Waals surface area contributed by atoms with E-state index in [0.29, 0.717) is 13.2 Å². The van der Waals surface area contributed by atoms with Crippen LogP contribution in [0.4, 0.5) is 5.69 Å². The summed E-state index contributed by atoms with van der Waals surface area (Å²) in [5.74, 6) is -0.0423. The predicted octanol–water partition coefficient (Wildman–Crippen LogP) is 0.686. The third-order valence-corrected chi connectivity index (χ3v) is 2.70. The van der Waals surface area contributed by atoms with Gasteiger partial charge in [0, 0.05) is 18.8 Å². The molecule has 1 aromatic carbocycles. The van der Waals surface area contributed by atoms with Crippen LogP contribution in [0.1, 0.15) is 5.56 Å². The monoisotopic (exact) mass is 220 g/mol. The molecule has 1 aromatic rings. The molecule has 86 valence electrons. The average Bonchev–Trinajstić information content (AvgIpc) is 2.29. The molecule has 2 N–H and O–H groups in total. The van der Waals surface area contributed by atoms with E-state index in [1.165, 1.54) is 0 Å². The summed E-state index contributed by atoms with van der Waals surface area (Å²) in [5, 5.41) is 0. The fourth-order valence-electron chi connectivity index (χ4n) is 1.86. The van der Waals surface area contributed by atoms with E-state index in [1.807, 2.05) is 31.2 Å². The Morgan fingerprint density at radius 1 is 1.56 bits per heavy atom. The molecular formula is C12H16N2O2. The Morgan fingerprint density at radius 2 is 2.38 bits per heavy atom. The molecule has 1 unspecified atom stereocenters. The molecule has 1 fully saturated rings. The van der Waals surface area contributed by atoms with Crippen molar-refractivity contribution in [2.75, 3.05) is 24.6 Å². The van der Waals surface area contributed by atoms with E-state index in [-0.39, 0.29) is 12.5 Å². The Hall–Kier alpha value is -1.39. The van der Waals surface area contributed by atoms with Gasteiger partial charge in [-0.15, -0.1) is 0 Å². The molecule has 0 bridgehead atoms. The maximum atomic E-state index is 12.0. The summed E-state index contributed by atoms with van der Waals surface area (Å²) in [6.45, 7) is 3.39. The van der Waals surface area contributed by atoms with Crippen molar-refractivity contribution in [1.29, 1.82) is 0 Å². The van der Waals surface area contributed by atoms with Crippen LogP contribution in [0.2, 0.25) is 0 Å². The summed E-state index contributed by atoms with van der Waals surface area (Å²) >= 11 is 0. The number of hydrogen-bond donors (Lipinski definition) is 1. The van der Waals surface area contributed by atoms with Gasteiger partial charge in [0.15, 0.2) is 0 Å². The quantitative estimate of drug-likeness (QED) is 0.797. The second-order valence-electron chi connectivity index (χ2n) is 3.92. The highest BCUT2D eigenvalue weighted by Crippen LogP contribution is 2.19. The lowest BCUT2D eigenvalue weighted by atomic mass is 10.1. The molecule has 4 heteroatoms. The Kier molecular flexibility index (Phi) is 3.22. The third kappa shape index (κ3) is 2.08. The van der Waals surface area contributed by atoms with Crippen molar-refractivity contribution < 1.29 is 9.53 Å². The molecule has 0 radical (unpaired) electrons. The molecule has 1 heterocycles. The number of anilines is 1. The second kappa shape index (κ2) is 4.63. The molecule has 0 aliphatic carbocycles. The largest absolute Gasteiger partial charge is 0.365 e. The van der Waals surface area contributed by atoms with Crippen LogP contribution in [0.25, 0.3) is 0 Å². The number of nitrogens with zero attached hydrogens (tertiary/aromatic N) is 1. The lowest BCUT2D eigenvalue weighted by Gasteiger charge is -2.32. The van der Waals surface area contributed by atoms with Crippen LogP contribution in [0.3, 0.4) is 0 Å². The third-order valence-electron chi connectivity index (χ3n) is 2.70. The normalized spacial score (nSPS) is 21.2. The first-order chi connectivity index (χ1) is 7.72. The van der Waals surface area contributed by atoms with Crippen molar-refractivity contribution >= 4 is 11.6 Å². The molecule has 0 saturated carbocycles. The van der Waals surface area contributed by atoms with Gasteiger partial charge in [0.05, 0.1) is 6.61 Å². The molecule has 4 nitrogen and oxygen atoms in total. The Bertz CT molecular complexity index is 392. The van der Waals surface area contributed by atoms with E-state index >= 15 is 0 Å². The summed E-state index contributed by atoms with van der Waals surface area (Å²) in [6, 6.07) is 7.89. The first-order valence-electron chi connectivity index (χ1n) is 5.42. The molecule has 1 aliphatic heterocycles. The number of nitrogens with two attached hydrogens (primary N) is 1. The maximum Gasteiger partial charge on any atom is 0.257 e. The fourth-order valence-corrected chi connectivity index (χ4v) is 1.86. The smallest absolute Gasteiger partial charge is 0.257 e. The van der Waals surface area contributed by atoms with E-state index in [1.54, 1.807) is 4.90 Å². The van der Waals surface area contributed by atoms with Gasteiger partial charge in [0.2, 0.25) is 0 Å². The summed E-state index contributed by atoms with van der Waals surface area (Å²) in [6.07, 6.45) is -0.491. The zero-order valence-corrected chi connectivity index (χ0v) is 9.35. The number of ether oxygens (including phenoxy) is 1. The lowest BCUT2D eigenvalue weighted by Crippen LogP contribution is -2.50. The molecule has 1 amide bonds. The van der Waals surface area contributed by atoms with E-state index in [4.69, 9.17) is 10.5 Å². The molecule has 0 aromatic heterocycles. The molecule has 16 heavy (non-hydrogen) atoms. The van der Waals surface area contributed by atoms with Crippen molar-refractivity contribution in [2.24, 2.45) is 5.73 Å². The Morgan fingerprint density at radius 3 is 3.06 bits per heavy atom. The highest BCUT2D eigenvalue weighted by molar-refractivity contribution is 5.97. The number of aryl methyl sites for hydroxylation is 1. The number of carbonyl (C=O) groups excluding carboxylic acids is 1. The minimum Gasteiger partial charge on any atom is -0.365 e. The van der Waals surface area contributed by atoms with Crippen molar-refractivity contribution in [3.8, 4) is 0 Å². The molecule has 2 rings (SSSR count). The first kappa shape index (κ1) is 11.1. The van der Waals surface area contributed by atoms with Crippen molar-refractivity contribution in [2.45, 2.75) is 13.0 Å². The minimum absolute atomic E-state index is 0.0423. The van der Waals surface area contributed by atoms with Gasteiger partial charge in [-0.3, -0.25) is 4.79 Å². The van der Waals surface area contributed by atoms with Crippen LogP contribution >= 0.6 is 0 Å². The topological polar surface area (TPSA) is 55.6 Å². The molecule has 1 aliphatic rings. The first-order valence-corrected chi connectivity index (χ1v) is 5.42. The number of hydrogen-bond acceptors (Lipinski definition) is 3. The minimum atomic E-state index is -0.491. The standard InChI is InChI=1S/C12H16N2O2/c1-9-3-2-4-10(7-9)14-5-6-16-11(8-13)12(14)15/h2-4,7,11H,5-6,8,13H2,1H3. The van der Waals surface area contributed by atoms with Gasteiger partial charge in [0.25, 0.3) is 5.91 Å². The number of morpholine rings is 1. The number of amides is 1. The lowest BCUT2D eigenvalue weighted by molar-refractivity contribution is -0.133. The maximum absolute atomic E-state index is 12.0. The number of benzene rings is 1. The zero-order chi connectivity index (χ0) is 11.5. The average molecular weight is 220 g/mol. The van der Waals surface area contributed by atoms with Crippen LogP contribution in [0.15, 0.2) is 24.3 Å². The molecule has 1 atom stereocenters. The van der Waals surface area contributed by atoms with Crippen LogP contribution in [0.5, 0.6) is 0 Å². The fraction of sp³-hybridized carbons (Fsp3) is 0.417. The van der Waals surface area contributed by atoms with E-state index in [0.717, 1.165) is 11.3 Å². The number of rotatable bonds is 2. The Balaban J connectivity index is 2.23. The van der Waals surface area contributed by atoms with Gasteiger partial charge in [0.1, 0.15) is 6.10 Å². The highest BCUT2D eigenvalue weighted by atomic mass is 16.5. The van der Waals surface area contributed by atoms with Gasteiger partial charge < -0.3 is 15.4 Å². The summed E-state index contributed by atoms with van der Waals surface area (Å²) in [5.41, 5.74) is 7.55. The Labute approximate surface area is 95.0 Å². The highest BCUT2D eigenvalue weighted by Gasteiger charge is 2.29. The van der Waals surface area contributed by atoms with Gasteiger partial charge in [-0.05, 0) is 24.6 Å². The SMILES string of the molecule is Cc1cccc(N2CCOC(CN)C2=O)c1. The van der Waals surface area contributed by atoms with Gasteiger partial charge >= 0.3 is 0 Å². The summed E-state index contributed by atoms with van der Waals surface area (Å²) in [4.78, 5) is 13.7. The zero-order valence-electron chi connectivity index (χ0n) is 9.35. The van der Waals surface area contributed by atoms with Gasteiger partial charge in [-0.2, -0.15) is 0 Å². The van der Waals surface area contributed by atoms with Crippen molar-refractivity contribution in [3.05, 3.63) is 29.8 Å². The predicted molar refractivity (Wildman–Crippen MR) is 62.3 cm³/mol. The van der Waals surface area contributed by atoms with Crippen LogP contribution in [-0.2, 0) is 9.53 Å². The number of carbonyl (C=O) groups is 1. The van der Waals surface area contributed by atoms with Crippen LogP contribution in [0, 0.1) is 6.92 Å². The van der Waals surface area contributed by atoms with Crippen LogP contribution < -0.4 is 10.6 Å². The van der Waals surface area contributed by atoms with Gasteiger partial charge in [-0.1, -0.05) is 12.1 Å². The summed E-state index contributed by atoms with van der Waals surface area (Å²) in [7, 11) is 0. The molecule has 1 saturated heterocycles. The van der Waals surface area contributed by atoms with E-state index in [9.17, 15) is 4.79 Å². The van der Waals surface area contributed by atoms with Crippen molar-refractivity contribution in [3.63, 3.8) is 0 Å². The second-order valence-corrected chi connectivity index (χ2v) is 3.92. The van der Waals surface area contributed by atoms with E-state index in [2.05, 4.69) is 0 Å². The molecular weight excluding hydrogens is 204 g/mol. The molecule has 0 spiro atoms. The van der Waals surface area contributed by atoms with E-state index < -0.39 is 6.10 Å².